The van der Waals surface area contributed by atoms with Crippen LogP contribution in [0.4, 0.5) is 19.0 Å². The van der Waals surface area contributed by atoms with E-state index < -0.39 is 17.9 Å². The molecule has 2 amide bonds. The van der Waals surface area contributed by atoms with E-state index in [1.54, 1.807) is 31.0 Å². The van der Waals surface area contributed by atoms with Crippen LogP contribution in [-0.4, -0.2) is 76.0 Å². The third-order valence-corrected chi connectivity index (χ3v) is 7.90. The van der Waals surface area contributed by atoms with Gasteiger partial charge in [0.1, 0.15) is 30.0 Å². The maximum absolute atomic E-state index is 13.6. The summed E-state index contributed by atoms with van der Waals surface area (Å²) < 4.78 is 49.2. The number of hydrogen-bond acceptors (Lipinski definition) is 6. The SMILES string of the molecule is C=CC(=O)[N+]1(C)C[C@@H](n2nc(C#Cc3ccc4c(c3)nc(C(F)(F)F)n4C3CC3)c(C(N)=O)c2NC)C[C@@H]1COC. The Morgan fingerprint density at radius 3 is 2.61 bits per heavy atom. The van der Waals surface area contributed by atoms with Gasteiger partial charge >= 0.3 is 12.1 Å². The van der Waals surface area contributed by atoms with Gasteiger partial charge in [0, 0.05) is 38.3 Å². The van der Waals surface area contributed by atoms with Crippen LogP contribution < -0.4 is 11.1 Å². The van der Waals surface area contributed by atoms with Gasteiger partial charge in [-0.05, 0) is 37.0 Å². The van der Waals surface area contributed by atoms with E-state index in [1.807, 2.05) is 7.05 Å². The first-order valence-corrected chi connectivity index (χ1v) is 13.1. The monoisotopic (exact) mass is 570 g/mol. The third-order valence-electron chi connectivity index (χ3n) is 7.90. The molecule has 13 heteroatoms. The molecule has 0 spiro atoms. The molecule has 1 saturated carbocycles. The predicted molar refractivity (Wildman–Crippen MR) is 145 cm³/mol. The molecule has 2 aliphatic rings. The maximum Gasteiger partial charge on any atom is 0.449 e. The van der Waals surface area contributed by atoms with Crippen molar-refractivity contribution in [3.8, 4) is 11.8 Å². The van der Waals surface area contributed by atoms with Crippen LogP contribution in [0.1, 0.15) is 58.8 Å². The standard InChI is InChI=1S/C28H30F3N7O3/c1-5-23(39)38(3)14-18(13-19(38)15-41-4)37-26(33-2)24(25(32)40)20(35-37)10-6-16-7-11-22-21(12-16)34-27(28(29,30)31)36(22)17-8-9-17/h5,7,11-12,17-19H,1,8-9,13-15H2,2-4H3,(H2-,32,33,35,40)/p+1/t18-,19+,38?/m0/s1. The lowest BCUT2D eigenvalue weighted by molar-refractivity contribution is -0.846. The number of quaternary nitrogens is 1. The van der Waals surface area contributed by atoms with Gasteiger partial charge in [-0.3, -0.25) is 9.28 Å². The van der Waals surface area contributed by atoms with Crippen molar-refractivity contribution in [1.82, 2.24) is 19.3 Å². The molecule has 1 unspecified atom stereocenters. The predicted octanol–water partition coefficient (Wildman–Crippen LogP) is 3.25. The second-order valence-electron chi connectivity index (χ2n) is 10.6. The number of alkyl halides is 3. The number of likely N-dealkylation sites (tertiary alicyclic amines) is 1. The highest BCUT2D eigenvalue weighted by molar-refractivity contribution is 6.00. The molecule has 2 aromatic heterocycles. The number of likely N-dealkylation sites (N-methyl/N-ethyl adjacent to an activating group) is 1. The molecule has 2 fully saturated rings. The zero-order valence-corrected chi connectivity index (χ0v) is 23.0. The molecule has 1 aliphatic heterocycles. The number of nitrogens with one attached hydrogen (secondary N) is 1. The normalized spacial score (nSPS) is 22.4. The summed E-state index contributed by atoms with van der Waals surface area (Å²) in [6.45, 7) is 4.36. The number of nitrogens with two attached hydrogens (primary N) is 1. The number of benzene rings is 1. The number of hydrogen-bond donors (Lipinski definition) is 2. The molecule has 1 aliphatic carbocycles. The molecule has 3 aromatic rings. The van der Waals surface area contributed by atoms with Gasteiger partial charge < -0.3 is 20.4 Å². The van der Waals surface area contributed by atoms with Crippen LogP contribution in [0.3, 0.4) is 0 Å². The molecular weight excluding hydrogens is 539 g/mol. The number of anilines is 1. The molecule has 3 heterocycles. The summed E-state index contributed by atoms with van der Waals surface area (Å²) in [6.07, 6.45) is -1.40. The number of aromatic nitrogens is 4. The molecule has 1 aromatic carbocycles. The lowest BCUT2D eigenvalue weighted by Crippen LogP contribution is -2.53. The quantitative estimate of drug-likeness (QED) is 0.256. The maximum atomic E-state index is 13.6. The second-order valence-corrected chi connectivity index (χ2v) is 10.6. The van der Waals surface area contributed by atoms with Gasteiger partial charge in [0.2, 0.25) is 5.82 Å². The molecule has 0 bridgehead atoms. The summed E-state index contributed by atoms with van der Waals surface area (Å²) in [7, 11) is 5.01. The molecule has 10 nitrogen and oxygen atoms in total. The summed E-state index contributed by atoms with van der Waals surface area (Å²) in [5, 5.41) is 7.60. The van der Waals surface area contributed by atoms with Crippen LogP contribution in [0, 0.1) is 11.8 Å². The second kappa shape index (κ2) is 10.4. The fourth-order valence-electron chi connectivity index (χ4n) is 5.76. The molecule has 0 radical (unpaired) electrons. The Hall–Kier alpha value is -4.15. The van der Waals surface area contributed by atoms with Gasteiger partial charge in [-0.15, -0.1) is 0 Å². The molecule has 41 heavy (non-hydrogen) atoms. The van der Waals surface area contributed by atoms with Crippen LogP contribution in [0.5, 0.6) is 0 Å². The van der Waals surface area contributed by atoms with Gasteiger partial charge in [-0.2, -0.15) is 18.3 Å². The van der Waals surface area contributed by atoms with Crippen molar-refractivity contribution < 1.29 is 32.0 Å². The number of carbonyl (C=O) groups is 2. The number of carbonyl (C=O) groups excluding carboxylic acids is 2. The fraction of sp³-hybridized carbons (Fsp3) is 0.429. The summed E-state index contributed by atoms with van der Waals surface area (Å²) in [4.78, 5) is 29.2. The molecule has 3 atom stereocenters. The van der Waals surface area contributed by atoms with Crippen molar-refractivity contribution >= 4 is 28.7 Å². The number of fused-ring (bicyclic) bond motifs is 1. The molecule has 216 valence electrons. The Morgan fingerprint density at radius 1 is 1.29 bits per heavy atom. The number of halogens is 3. The first-order valence-electron chi connectivity index (χ1n) is 13.1. The highest BCUT2D eigenvalue weighted by Crippen LogP contribution is 2.43. The summed E-state index contributed by atoms with van der Waals surface area (Å²) in [6, 6.07) is 4.02. The van der Waals surface area contributed by atoms with Crippen molar-refractivity contribution in [2.24, 2.45) is 5.73 Å². The lowest BCUT2D eigenvalue weighted by atomic mass is 10.1. The smallest absolute Gasteiger partial charge is 0.378 e. The molecular formula is C28H31F3N7O3+. The zero-order valence-electron chi connectivity index (χ0n) is 23.0. The Balaban J connectivity index is 1.53. The number of imidazole rings is 1. The van der Waals surface area contributed by atoms with Crippen molar-refractivity contribution in [2.45, 2.75) is 43.6 Å². The van der Waals surface area contributed by atoms with E-state index in [0.717, 1.165) is 0 Å². The molecule has 5 rings (SSSR count). The molecule has 1 saturated heterocycles. The average Bonchev–Trinajstić information content (AvgIpc) is 3.44. The van der Waals surface area contributed by atoms with Gasteiger partial charge in [-0.25, -0.2) is 14.5 Å². The first-order chi connectivity index (χ1) is 19.4. The van der Waals surface area contributed by atoms with Gasteiger partial charge in [0.15, 0.2) is 5.69 Å². The summed E-state index contributed by atoms with van der Waals surface area (Å²) >= 11 is 0. The number of methoxy groups -OCH3 is 1. The van der Waals surface area contributed by atoms with E-state index in [2.05, 4.69) is 33.8 Å². The van der Waals surface area contributed by atoms with E-state index in [9.17, 15) is 22.8 Å². The van der Waals surface area contributed by atoms with Gasteiger partial charge in [0.05, 0.1) is 24.7 Å². The summed E-state index contributed by atoms with van der Waals surface area (Å²) in [5.41, 5.74) is 6.91. The Morgan fingerprint density at radius 2 is 2.02 bits per heavy atom. The minimum atomic E-state index is -4.58. The fourth-order valence-corrected chi connectivity index (χ4v) is 5.76. The lowest BCUT2D eigenvalue weighted by Gasteiger charge is -2.31. The largest absolute Gasteiger partial charge is 0.449 e. The minimum absolute atomic E-state index is 0.0609. The van der Waals surface area contributed by atoms with Crippen LogP contribution >= 0.6 is 0 Å². The van der Waals surface area contributed by atoms with Crippen molar-refractivity contribution in [2.75, 3.05) is 39.7 Å². The highest BCUT2D eigenvalue weighted by atomic mass is 19.4. The highest BCUT2D eigenvalue weighted by Gasteiger charge is 2.50. The van der Waals surface area contributed by atoms with Crippen molar-refractivity contribution in [3.05, 3.63) is 53.5 Å². The van der Waals surface area contributed by atoms with Crippen LogP contribution in [0.25, 0.3) is 11.0 Å². The third kappa shape index (κ3) is 4.98. The van der Waals surface area contributed by atoms with E-state index >= 15 is 0 Å². The van der Waals surface area contributed by atoms with Gasteiger partial charge in [-0.1, -0.05) is 12.5 Å². The number of nitrogens with zero attached hydrogens (tertiary/aromatic N) is 5. The zero-order chi connectivity index (χ0) is 29.7. The van der Waals surface area contributed by atoms with E-state index in [4.69, 9.17) is 10.5 Å². The first kappa shape index (κ1) is 28.4. The van der Waals surface area contributed by atoms with E-state index in [1.165, 1.54) is 16.7 Å². The van der Waals surface area contributed by atoms with Crippen molar-refractivity contribution in [1.29, 1.82) is 0 Å². The van der Waals surface area contributed by atoms with Crippen LogP contribution in [-0.2, 0) is 15.7 Å². The van der Waals surface area contributed by atoms with E-state index in [-0.39, 0.29) is 45.3 Å². The number of rotatable bonds is 7. The van der Waals surface area contributed by atoms with Crippen LogP contribution in [0.2, 0.25) is 0 Å². The number of primary amides is 1. The number of amides is 2. The molecule has 3 N–H and O–H groups in total. The van der Waals surface area contributed by atoms with Gasteiger partial charge in [0.25, 0.3) is 5.91 Å². The summed E-state index contributed by atoms with van der Waals surface area (Å²) in [5.74, 6) is 4.32. The topological polar surface area (TPSA) is 117 Å². The Labute approximate surface area is 234 Å². The average molecular weight is 571 g/mol. The Kier molecular flexibility index (Phi) is 7.17. The van der Waals surface area contributed by atoms with Crippen LogP contribution in [0.15, 0.2) is 30.9 Å². The number of ether oxygens (including phenoxy) is 1. The van der Waals surface area contributed by atoms with E-state index in [0.29, 0.717) is 49.3 Å². The van der Waals surface area contributed by atoms with Crippen molar-refractivity contribution in [3.63, 3.8) is 0 Å². The minimum Gasteiger partial charge on any atom is -0.378 e. The Bertz CT molecular complexity index is 1610.